The van der Waals surface area contributed by atoms with Gasteiger partial charge >= 0.3 is 12.3 Å². The van der Waals surface area contributed by atoms with Gasteiger partial charge in [0.25, 0.3) is 0 Å². The maximum atomic E-state index is 13.6. The molecule has 0 bridgehead atoms. The standard InChI is InChI=1S/C19H24F3N3O2/c1-17(2,3)12-7-9-13(10-8-12)25-15(19(20,21)22)14(11-23-25)24-16(26)27-18(4,5)6/h7-11H,1-6H3,(H,24,26). The molecule has 0 radical (unpaired) electrons. The summed E-state index contributed by atoms with van der Waals surface area (Å²) < 4.78 is 46.7. The van der Waals surface area contributed by atoms with E-state index in [9.17, 15) is 18.0 Å². The Balaban J connectivity index is 2.41. The molecule has 5 nitrogen and oxygen atoms in total. The lowest BCUT2D eigenvalue weighted by molar-refractivity contribution is -0.142. The fraction of sp³-hybridized carbons (Fsp3) is 0.474. The van der Waals surface area contributed by atoms with E-state index in [1.807, 2.05) is 20.8 Å². The van der Waals surface area contributed by atoms with Gasteiger partial charge in [0.15, 0.2) is 5.69 Å². The van der Waals surface area contributed by atoms with E-state index in [1.54, 1.807) is 45.0 Å². The normalized spacial score (nSPS) is 12.8. The Morgan fingerprint density at radius 1 is 1.04 bits per heavy atom. The number of anilines is 1. The van der Waals surface area contributed by atoms with Crippen LogP contribution in [0.25, 0.3) is 5.69 Å². The van der Waals surface area contributed by atoms with Crippen LogP contribution in [0.5, 0.6) is 0 Å². The first-order chi connectivity index (χ1) is 12.2. The Morgan fingerprint density at radius 3 is 2.04 bits per heavy atom. The molecule has 0 aliphatic carbocycles. The van der Waals surface area contributed by atoms with Gasteiger partial charge in [-0.25, -0.2) is 9.48 Å². The largest absolute Gasteiger partial charge is 0.444 e. The van der Waals surface area contributed by atoms with Gasteiger partial charge in [-0.15, -0.1) is 0 Å². The molecule has 148 valence electrons. The third-order valence-electron chi connectivity index (χ3n) is 3.65. The molecule has 1 aromatic heterocycles. The predicted molar refractivity (Wildman–Crippen MR) is 97.1 cm³/mol. The highest BCUT2D eigenvalue weighted by Crippen LogP contribution is 2.36. The van der Waals surface area contributed by atoms with Gasteiger partial charge in [-0.2, -0.15) is 18.3 Å². The molecule has 0 unspecified atom stereocenters. The number of benzene rings is 1. The Bertz CT molecular complexity index is 811. The number of alkyl halides is 3. The summed E-state index contributed by atoms with van der Waals surface area (Å²) in [5.41, 5.74) is -1.26. The number of carbonyl (C=O) groups is 1. The lowest BCUT2D eigenvalue weighted by Gasteiger charge is -2.20. The van der Waals surface area contributed by atoms with Crippen LogP contribution in [0.15, 0.2) is 30.5 Å². The van der Waals surface area contributed by atoms with Crippen LogP contribution in [-0.2, 0) is 16.3 Å². The van der Waals surface area contributed by atoms with E-state index in [0.717, 1.165) is 16.4 Å². The van der Waals surface area contributed by atoms with Crippen LogP contribution < -0.4 is 5.32 Å². The highest BCUT2D eigenvalue weighted by Gasteiger charge is 2.39. The summed E-state index contributed by atoms with van der Waals surface area (Å²) in [4.78, 5) is 11.9. The van der Waals surface area contributed by atoms with Crippen LogP contribution in [0.3, 0.4) is 0 Å². The maximum absolute atomic E-state index is 13.6. The van der Waals surface area contributed by atoms with Crippen molar-refractivity contribution in [2.75, 3.05) is 5.32 Å². The smallest absolute Gasteiger partial charge is 0.435 e. The van der Waals surface area contributed by atoms with Crippen molar-refractivity contribution in [1.82, 2.24) is 9.78 Å². The van der Waals surface area contributed by atoms with Crippen LogP contribution in [0.1, 0.15) is 52.8 Å². The van der Waals surface area contributed by atoms with Gasteiger partial charge in [0.2, 0.25) is 0 Å². The fourth-order valence-corrected chi connectivity index (χ4v) is 2.42. The summed E-state index contributed by atoms with van der Waals surface area (Å²) in [5.74, 6) is 0. The molecule has 0 aliphatic rings. The average Bonchev–Trinajstić information content (AvgIpc) is 2.88. The third kappa shape index (κ3) is 5.24. The van der Waals surface area contributed by atoms with Crippen molar-refractivity contribution in [2.45, 2.75) is 58.7 Å². The van der Waals surface area contributed by atoms with Gasteiger partial charge in [-0.1, -0.05) is 32.9 Å². The van der Waals surface area contributed by atoms with Crippen molar-refractivity contribution in [3.63, 3.8) is 0 Å². The molecule has 2 rings (SSSR count). The summed E-state index contributed by atoms with van der Waals surface area (Å²) in [7, 11) is 0. The van der Waals surface area contributed by atoms with Gasteiger partial charge < -0.3 is 4.74 Å². The number of nitrogens with zero attached hydrogens (tertiary/aromatic N) is 2. The number of rotatable bonds is 2. The van der Waals surface area contributed by atoms with Crippen LogP contribution in [-0.4, -0.2) is 21.5 Å². The minimum Gasteiger partial charge on any atom is -0.444 e. The Morgan fingerprint density at radius 2 is 1.59 bits per heavy atom. The minimum atomic E-state index is -4.72. The minimum absolute atomic E-state index is 0.126. The van der Waals surface area contributed by atoms with Gasteiger partial charge in [-0.3, -0.25) is 5.32 Å². The molecule has 8 heteroatoms. The van der Waals surface area contributed by atoms with Crippen LogP contribution in [0, 0.1) is 0 Å². The molecule has 1 N–H and O–H groups in total. The van der Waals surface area contributed by atoms with Crippen LogP contribution in [0.4, 0.5) is 23.7 Å². The van der Waals surface area contributed by atoms with Gasteiger partial charge in [0.1, 0.15) is 5.60 Å². The summed E-state index contributed by atoms with van der Waals surface area (Å²) >= 11 is 0. The molecular formula is C19H24F3N3O2. The number of hydrogen-bond acceptors (Lipinski definition) is 3. The fourth-order valence-electron chi connectivity index (χ4n) is 2.42. The van der Waals surface area contributed by atoms with E-state index in [-0.39, 0.29) is 11.1 Å². The summed E-state index contributed by atoms with van der Waals surface area (Å²) in [5, 5.41) is 5.96. The second-order valence-corrected chi connectivity index (χ2v) is 8.24. The molecule has 1 amide bonds. The van der Waals surface area contributed by atoms with E-state index < -0.39 is 29.3 Å². The quantitative estimate of drug-likeness (QED) is 0.741. The van der Waals surface area contributed by atoms with Crippen molar-refractivity contribution in [1.29, 1.82) is 0 Å². The van der Waals surface area contributed by atoms with Crippen molar-refractivity contribution < 1.29 is 22.7 Å². The van der Waals surface area contributed by atoms with E-state index >= 15 is 0 Å². The second-order valence-electron chi connectivity index (χ2n) is 8.24. The lowest BCUT2D eigenvalue weighted by atomic mass is 9.87. The number of hydrogen-bond donors (Lipinski definition) is 1. The lowest BCUT2D eigenvalue weighted by Crippen LogP contribution is -2.28. The Hall–Kier alpha value is -2.51. The number of ether oxygens (including phenoxy) is 1. The SMILES string of the molecule is CC(C)(C)OC(=O)Nc1cnn(-c2ccc(C(C)(C)C)cc2)c1C(F)(F)F. The molecule has 27 heavy (non-hydrogen) atoms. The van der Waals surface area contributed by atoms with E-state index in [1.165, 1.54) is 0 Å². The molecule has 2 aromatic rings. The molecule has 0 saturated heterocycles. The van der Waals surface area contributed by atoms with E-state index in [0.29, 0.717) is 0 Å². The molecule has 0 atom stereocenters. The van der Waals surface area contributed by atoms with Crippen molar-refractivity contribution in [3.05, 3.63) is 41.7 Å². The van der Waals surface area contributed by atoms with Crippen molar-refractivity contribution >= 4 is 11.8 Å². The zero-order valence-electron chi connectivity index (χ0n) is 16.2. The molecular weight excluding hydrogens is 359 g/mol. The second kappa shape index (κ2) is 6.90. The zero-order valence-corrected chi connectivity index (χ0v) is 16.2. The maximum Gasteiger partial charge on any atom is 0.435 e. The first kappa shape index (κ1) is 20.8. The Labute approximate surface area is 156 Å². The molecule has 0 spiro atoms. The summed E-state index contributed by atoms with van der Waals surface area (Å²) in [6.07, 6.45) is -4.73. The summed E-state index contributed by atoms with van der Waals surface area (Å²) in [6.45, 7) is 10.9. The van der Waals surface area contributed by atoms with Crippen LogP contribution >= 0.6 is 0 Å². The molecule has 0 saturated carbocycles. The molecule has 0 aliphatic heterocycles. The van der Waals surface area contributed by atoms with Gasteiger partial charge in [-0.05, 0) is 43.9 Å². The first-order valence-corrected chi connectivity index (χ1v) is 8.44. The van der Waals surface area contributed by atoms with Gasteiger partial charge in [0.05, 0.1) is 17.6 Å². The predicted octanol–water partition coefficient (Wildman–Crippen LogP) is 5.54. The van der Waals surface area contributed by atoms with Crippen molar-refractivity contribution in [3.8, 4) is 5.69 Å². The Kier molecular flexibility index (Phi) is 5.32. The average molecular weight is 383 g/mol. The first-order valence-electron chi connectivity index (χ1n) is 8.44. The number of amides is 1. The van der Waals surface area contributed by atoms with Gasteiger partial charge in [0, 0.05) is 0 Å². The highest BCUT2D eigenvalue weighted by atomic mass is 19.4. The number of halogens is 3. The van der Waals surface area contributed by atoms with E-state index in [2.05, 4.69) is 10.4 Å². The van der Waals surface area contributed by atoms with Crippen LogP contribution in [0.2, 0.25) is 0 Å². The number of aromatic nitrogens is 2. The summed E-state index contributed by atoms with van der Waals surface area (Å²) in [6, 6.07) is 6.66. The molecule has 0 fully saturated rings. The number of nitrogens with one attached hydrogen (secondary N) is 1. The topological polar surface area (TPSA) is 56.1 Å². The number of carbonyl (C=O) groups excluding carboxylic acids is 1. The zero-order chi connectivity index (χ0) is 20.6. The molecule has 1 heterocycles. The molecule has 1 aromatic carbocycles. The monoisotopic (exact) mass is 383 g/mol. The third-order valence-corrected chi connectivity index (χ3v) is 3.65. The van der Waals surface area contributed by atoms with Crippen molar-refractivity contribution in [2.24, 2.45) is 0 Å². The highest BCUT2D eigenvalue weighted by molar-refractivity contribution is 5.85. The van der Waals surface area contributed by atoms with E-state index in [4.69, 9.17) is 4.74 Å².